The number of hydrogen-bond donors (Lipinski definition) is 4. The molecule has 1 heterocycles. The largest absolute Gasteiger partial charge is 0.382 e. The molecule has 1 atom stereocenters. The number of anilines is 2. The van der Waals surface area contributed by atoms with Gasteiger partial charge < -0.3 is 10.6 Å². The highest BCUT2D eigenvalue weighted by atomic mass is 32.2. The maximum Gasteiger partial charge on any atom is 0.296 e. The second-order valence-electron chi connectivity index (χ2n) is 4.75. The summed E-state index contributed by atoms with van der Waals surface area (Å²) in [5.74, 6) is 0. The molecule has 1 saturated heterocycles. The van der Waals surface area contributed by atoms with Gasteiger partial charge in [0.05, 0.1) is 5.69 Å². The number of nitrogens with two attached hydrogens (primary N) is 1. The van der Waals surface area contributed by atoms with Crippen LogP contribution in [0.2, 0.25) is 0 Å². The molecule has 1 fully saturated rings. The monoisotopic (exact) mass is 284 g/mol. The van der Waals surface area contributed by atoms with Crippen LogP contribution in [0.1, 0.15) is 19.3 Å². The van der Waals surface area contributed by atoms with Crippen LogP contribution < -0.4 is 20.5 Å². The second-order valence-corrected chi connectivity index (χ2v) is 6.04. The number of hydrogen-bond acceptors (Lipinski definition) is 4. The van der Waals surface area contributed by atoms with Crippen LogP contribution in [0.3, 0.4) is 0 Å². The summed E-state index contributed by atoms with van der Waals surface area (Å²) in [4.78, 5) is 0. The summed E-state index contributed by atoms with van der Waals surface area (Å²) in [5, 5.41) is 11.7. The van der Waals surface area contributed by atoms with Crippen molar-refractivity contribution in [1.29, 1.82) is 0 Å². The molecule has 19 heavy (non-hydrogen) atoms. The Morgan fingerprint density at radius 3 is 2.79 bits per heavy atom. The van der Waals surface area contributed by atoms with Gasteiger partial charge in [-0.1, -0.05) is 6.07 Å². The Morgan fingerprint density at radius 1 is 1.21 bits per heavy atom. The molecular weight excluding hydrogens is 264 g/mol. The third-order valence-corrected chi connectivity index (χ3v) is 3.59. The fraction of sp³-hybridized carbons (Fsp3) is 0.500. The Balaban J connectivity index is 2.01. The van der Waals surface area contributed by atoms with E-state index in [0.29, 0.717) is 11.7 Å². The van der Waals surface area contributed by atoms with Gasteiger partial charge in [-0.05, 0) is 50.6 Å². The molecule has 1 aliphatic rings. The first-order valence-electron chi connectivity index (χ1n) is 6.41. The zero-order valence-corrected chi connectivity index (χ0v) is 11.5. The number of benzene rings is 1. The standard InChI is InChI=1S/C12H20N4O2S/c13-19(17,18)16-12-4-1-3-11(9-12)15-10-5-2-7-14-8-6-10/h1,3-4,9-10,14-16H,2,5-8H2,(H2,13,17,18). The van der Waals surface area contributed by atoms with Crippen molar-refractivity contribution in [3.05, 3.63) is 24.3 Å². The van der Waals surface area contributed by atoms with Gasteiger partial charge in [-0.2, -0.15) is 8.42 Å². The maximum atomic E-state index is 11.0. The number of rotatable bonds is 4. The molecule has 1 aliphatic heterocycles. The van der Waals surface area contributed by atoms with Crippen LogP contribution in [0, 0.1) is 0 Å². The minimum atomic E-state index is -3.72. The topological polar surface area (TPSA) is 96.2 Å². The fourth-order valence-electron chi connectivity index (χ4n) is 2.24. The van der Waals surface area contributed by atoms with Gasteiger partial charge in [0, 0.05) is 11.7 Å². The summed E-state index contributed by atoms with van der Waals surface area (Å²) >= 11 is 0. The Bertz CT molecular complexity index is 510. The molecule has 0 bridgehead atoms. The molecule has 6 nitrogen and oxygen atoms in total. The van der Waals surface area contributed by atoms with E-state index in [1.807, 2.05) is 6.07 Å². The summed E-state index contributed by atoms with van der Waals surface area (Å²) in [6.07, 6.45) is 3.32. The Labute approximate surface area is 114 Å². The van der Waals surface area contributed by atoms with Crippen molar-refractivity contribution in [3.63, 3.8) is 0 Å². The molecule has 0 spiro atoms. The molecule has 2 rings (SSSR count). The molecule has 1 unspecified atom stereocenters. The molecule has 0 radical (unpaired) electrons. The van der Waals surface area contributed by atoms with E-state index in [1.165, 1.54) is 0 Å². The van der Waals surface area contributed by atoms with Crippen molar-refractivity contribution in [3.8, 4) is 0 Å². The number of nitrogens with one attached hydrogen (secondary N) is 3. The van der Waals surface area contributed by atoms with Gasteiger partial charge in [0.25, 0.3) is 10.2 Å². The minimum absolute atomic E-state index is 0.416. The van der Waals surface area contributed by atoms with Gasteiger partial charge in [-0.25, -0.2) is 5.14 Å². The molecule has 5 N–H and O–H groups in total. The van der Waals surface area contributed by atoms with Crippen LogP contribution in [0.4, 0.5) is 11.4 Å². The third kappa shape index (κ3) is 5.06. The molecule has 7 heteroatoms. The van der Waals surface area contributed by atoms with Gasteiger partial charge in [0.15, 0.2) is 0 Å². The average molecular weight is 284 g/mol. The van der Waals surface area contributed by atoms with Crippen LogP contribution >= 0.6 is 0 Å². The first kappa shape index (κ1) is 14.1. The summed E-state index contributed by atoms with van der Waals surface area (Å²) < 4.78 is 24.2. The SMILES string of the molecule is NS(=O)(=O)Nc1cccc(NC2CCCNCC2)c1. The highest BCUT2D eigenvalue weighted by molar-refractivity contribution is 7.90. The van der Waals surface area contributed by atoms with Crippen molar-refractivity contribution in [2.24, 2.45) is 5.14 Å². The first-order valence-corrected chi connectivity index (χ1v) is 7.95. The molecule has 0 aromatic heterocycles. The Morgan fingerprint density at radius 2 is 2.00 bits per heavy atom. The van der Waals surface area contributed by atoms with Crippen molar-refractivity contribution >= 4 is 21.6 Å². The van der Waals surface area contributed by atoms with Gasteiger partial charge in [-0.15, -0.1) is 0 Å². The van der Waals surface area contributed by atoms with Gasteiger partial charge in [0.1, 0.15) is 0 Å². The second kappa shape index (κ2) is 6.23. The smallest absolute Gasteiger partial charge is 0.296 e. The van der Waals surface area contributed by atoms with E-state index in [2.05, 4.69) is 15.4 Å². The lowest BCUT2D eigenvalue weighted by atomic mass is 10.1. The zero-order chi connectivity index (χ0) is 13.7. The third-order valence-electron chi connectivity index (χ3n) is 3.07. The molecular formula is C12H20N4O2S. The van der Waals surface area contributed by atoms with Crippen LogP contribution in [0.15, 0.2) is 24.3 Å². The van der Waals surface area contributed by atoms with E-state index < -0.39 is 10.2 Å². The van der Waals surface area contributed by atoms with Crippen molar-refractivity contribution in [2.75, 3.05) is 23.1 Å². The molecule has 106 valence electrons. The lowest BCUT2D eigenvalue weighted by Gasteiger charge is -2.18. The molecule has 0 amide bonds. The highest BCUT2D eigenvalue weighted by Gasteiger charge is 2.11. The first-order chi connectivity index (χ1) is 9.03. The minimum Gasteiger partial charge on any atom is -0.382 e. The van der Waals surface area contributed by atoms with E-state index in [1.54, 1.807) is 18.2 Å². The van der Waals surface area contributed by atoms with Crippen molar-refractivity contribution in [2.45, 2.75) is 25.3 Å². The normalized spacial score (nSPS) is 20.6. The Kier molecular flexibility index (Phi) is 4.62. The van der Waals surface area contributed by atoms with Crippen molar-refractivity contribution in [1.82, 2.24) is 5.32 Å². The maximum absolute atomic E-state index is 11.0. The summed E-state index contributed by atoms with van der Waals surface area (Å²) in [5.41, 5.74) is 1.37. The lowest BCUT2D eigenvalue weighted by molar-refractivity contribution is 0.603. The van der Waals surface area contributed by atoms with Crippen LogP contribution in [0.25, 0.3) is 0 Å². The predicted octanol–water partition coefficient (Wildman–Crippen LogP) is 0.856. The molecule has 0 aliphatic carbocycles. The molecule has 0 saturated carbocycles. The zero-order valence-electron chi connectivity index (χ0n) is 10.7. The van der Waals surface area contributed by atoms with E-state index in [4.69, 9.17) is 5.14 Å². The Hall–Kier alpha value is -1.31. The fourth-order valence-corrected chi connectivity index (χ4v) is 2.69. The van der Waals surface area contributed by atoms with E-state index >= 15 is 0 Å². The van der Waals surface area contributed by atoms with Gasteiger partial charge >= 0.3 is 0 Å². The summed E-state index contributed by atoms with van der Waals surface area (Å²) in [6, 6.07) is 7.56. The summed E-state index contributed by atoms with van der Waals surface area (Å²) in [6.45, 7) is 2.07. The van der Waals surface area contributed by atoms with E-state index in [9.17, 15) is 8.42 Å². The van der Waals surface area contributed by atoms with E-state index in [0.717, 1.165) is 38.0 Å². The quantitative estimate of drug-likeness (QED) is 0.659. The van der Waals surface area contributed by atoms with Crippen LogP contribution in [0.5, 0.6) is 0 Å². The van der Waals surface area contributed by atoms with Crippen LogP contribution in [-0.4, -0.2) is 27.5 Å². The predicted molar refractivity (Wildman–Crippen MR) is 77.3 cm³/mol. The van der Waals surface area contributed by atoms with Crippen molar-refractivity contribution < 1.29 is 8.42 Å². The van der Waals surface area contributed by atoms with Gasteiger partial charge in [0.2, 0.25) is 0 Å². The van der Waals surface area contributed by atoms with Crippen LogP contribution in [-0.2, 0) is 10.2 Å². The average Bonchev–Trinajstić information content (AvgIpc) is 2.56. The van der Waals surface area contributed by atoms with E-state index in [-0.39, 0.29) is 0 Å². The highest BCUT2D eigenvalue weighted by Crippen LogP contribution is 2.19. The molecule has 1 aromatic carbocycles. The van der Waals surface area contributed by atoms with Gasteiger partial charge in [-0.3, -0.25) is 4.72 Å². The summed E-state index contributed by atoms with van der Waals surface area (Å²) in [7, 11) is -3.72. The molecule has 1 aromatic rings. The lowest BCUT2D eigenvalue weighted by Crippen LogP contribution is -2.23.